The molecule has 0 bridgehead atoms. The number of halogens is 3. The zero-order valence-electron chi connectivity index (χ0n) is 12.6. The molecule has 126 valence electrons. The molecule has 1 N–H and O–H groups in total. The average molecular weight is 328 g/mol. The number of ether oxygens (including phenoxy) is 1. The number of hydrogen-bond acceptors (Lipinski definition) is 2. The van der Waals surface area contributed by atoms with Gasteiger partial charge in [0.15, 0.2) is 0 Å². The van der Waals surface area contributed by atoms with Gasteiger partial charge in [-0.2, -0.15) is 13.2 Å². The van der Waals surface area contributed by atoms with E-state index < -0.39 is 17.8 Å². The van der Waals surface area contributed by atoms with E-state index in [0.717, 1.165) is 31.9 Å². The number of rotatable bonds is 1. The SMILES string of the molecule is O=C(Nc1ccccc1C(F)(F)F)N1CC[C@H]2OCCC[C@H]2C1. The van der Waals surface area contributed by atoms with Crippen molar-refractivity contribution in [1.29, 1.82) is 0 Å². The second kappa shape index (κ2) is 6.39. The number of piperidine rings is 1. The zero-order valence-corrected chi connectivity index (χ0v) is 12.6. The third kappa shape index (κ3) is 3.60. The van der Waals surface area contributed by atoms with E-state index in [1.807, 2.05) is 0 Å². The van der Waals surface area contributed by atoms with Crippen LogP contribution in [0.4, 0.5) is 23.7 Å². The third-order valence-corrected chi connectivity index (χ3v) is 4.48. The van der Waals surface area contributed by atoms with E-state index in [2.05, 4.69) is 5.32 Å². The largest absolute Gasteiger partial charge is 0.418 e. The molecule has 2 heterocycles. The molecule has 0 aliphatic carbocycles. The summed E-state index contributed by atoms with van der Waals surface area (Å²) >= 11 is 0. The van der Waals surface area contributed by atoms with Crippen LogP contribution in [-0.2, 0) is 10.9 Å². The van der Waals surface area contributed by atoms with E-state index in [1.165, 1.54) is 18.2 Å². The van der Waals surface area contributed by atoms with Crippen molar-refractivity contribution in [1.82, 2.24) is 4.90 Å². The van der Waals surface area contributed by atoms with E-state index in [-0.39, 0.29) is 17.7 Å². The van der Waals surface area contributed by atoms with Gasteiger partial charge in [0.05, 0.1) is 17.4 Å². The number of likely N-dealkylation sites (tertiary alicyclic amines) is 1. The summed E-state index contributed by atoms with van der Waals surface area (Å²) in [6.45, 7) is 1.79. The molecule has 1 aromatic rings. The van der Waals surface area contributed by atoms with Gasteiger partial charge in [-0.25, -0.2) is 4.79 Å². The summed E-state index contributed by atoms with van der Waals surface area (Å²) in [4.78, 5) is 13.9. The molecule has 0 spiro atoms. The number of para-hydroxylation sites is 1. The number of anilines is 1. The first-order chi connectivity index (χ1) is 10.9. The second-order valence-electron chi connectivity index (χ2n) is 6.02. The molecule has 2 saturated heterocycles. The molecule has 2 atom stereocenters. The third-order valence-electron chi connectivity index (χ3n) is 4.48. The molecule has 2 aliphatic rings. The minimum Gasteiger partial charge on any atom is -0.378 e. The first-order valence-electron chi connectivity index (χ1n) is 7.79. The van der Waals surface area contributed by atoms with Crippen LogP contribution in [0.15, 0.2) is 24.3 Å². The van der Waals surface area contributed by atoms with Crippen molar-refractivity contribution in [2.24, 2.45) is 5.92 Å². The average Bonchev–Trinajstić information content (AvgIpc) is 2.54. The summed E-state index contributed by atoms with van der Waals surface area (Å²) < 4.78 is 44.6. The lowest BCUT2D eigenvalue weighted by Gasteiger charge is -2.40. The minimum absolute atomic E-state index is 0.176. The van der Waals surface area contributed by atoms with Gasteiger partial charge in [0.25, 0.3) is 0 Å². The van der Waals surface area contributed by atoms with E-state index in [0.29, 0.717) is 13.1 Å². The van der Waals surface area contributed by atoms with Crippen LogP contribution >= 0.6 is 0 Å². The maximum atomic E-state index is 13.0. The topological polar surface area (TPSA) is 41.6 Å². The van der Waals surface area contributed by atoms with Gasteiger partial charge in [0, 0.05) is 25.6 Å². The fourth-order valence-corrected chi connectivity index (χ4v) is 3.31. The molecule has 4 nitrogen and oxygen atoms in total. The van der Waals surface area contributed by atoms with Crippen molar-refractivity contribution < 1.29 is 22.7 Å². The molecule has 2 aliphatic heterocycles. The van der Waals surface area contributed by atoms with Gasteiger partial charge >= 0.3 is 12.2 Å². The zero-order chi connectivity index (χ0) is 16.4. The van der Waals surface area contributed by atoms with E-state index in [1.54, 1.807) is 4.90 Å². The number of carbonyl (C=O) groups is 1. The number of benzene rings is 1. The molecule has 3 rings (SSSR count). The van der Waals surface area contributed by atoms with Crippen molar-refractivity contribution in [3.63, 3.8) is 0 Å². The number of fused-ring (bicyclic) bond motifs is 1. The molecule has 0 radical (unpaired) electrons. The van der Waals surface area contributed by atoms with Crippen molar-refractivity contribution >= 4 is 11.7 Å². The summed E-state index contributed by atoms with van der Waals surface area (Å²) in [5.41, 5.74) is -1.03. The lowest BCUT2D eigenvalue weighted by atomic mass is 9.89. The number of nitrogens with one attached hydrogen (secondary N) is 1. The van der Waals surface area contributed by atoms with Crippen molar-refractivity contribution in [3.8, 4) is 0 Å². The summed E-state index contributed by atoms with van der Waals surface area (Å²) in [6, 6.07) is 4.55. The fraction of sp³-hybridized carbons (Fsp3) is 0.562. The highest BCUT2D eigenvalue weighted by Crippen LogP contribution is 2.35. The number of alkyl halides is 3. The van der Waals surface area contributed by atoms with Crippen LogP contribution in [0.25, 0.3) is 0 Å². The van der Waals surface area contributed by atoms with Gasteiger partial charge in [-0.05, 0) is 31.4 Å². The lowest BCUT2D eigenvalue weighted by Crippen LogP contribution is -2.49. The van der Waals surface area contributed by atoms with Crippen LogP contribution < -0.4 is 5.32 Å². The Morgan fingerprint density at radius 1 is 1.26 bits per heavy atom. The van der Waals surface area contributed by atoms with Crippen LogP contribution in [0.2, 0.25) is 0 Å². The molecule has 2 amide bonds. The van der Waals surface area contributed by atoms with Crippen LogP contribution in [0.1, 0.15) is 24.8 Å². The molecule has 7 heteroatoms. The number of nitrogens with zero attached hydrogens (tertiary/aromatic N) is 1. The van der Waals surface area contributed by atoms with Gasteiger partial charge in [0.1, 0.15) is 0 Å². The lowest BCUT2D eigenvalue weighted by molar-refractivity contribution is -0.136. The van der Waals surface area contributed by atoms with E-state index in [9.17, 15) is 18.0 Å². The van der Waals surface area contributed by atoms with Crippen LogP contribution in [0.3, 0.4) is 0 Å². The Bertz CT molecular complexity index is 577. The highest BCUT2D eigenvalue weighted by atomic mass is 19.4. The van der Waals surface area contributed by atoms with Crippen LogP contribution in [0, 0.1) is 5.92 Å². The van der Waals surface area contributed by atoms with Crippen molar-refractivity contribution in [2.45, 2.75) is 31.5 Å². The molecule has 23 heavy (non-hydrogen) atoms. The fourth-order valence-electron chi connectivity index (χ4n) is 3.31. The number of amides is 2. The van der Waals surface area contributed by atoms with Crippen molar-refractivity contribution in [2.75, 3.05) is 25.0 Å². The highest BCUT2D eigenvalue weighted by Gasteiger charge is 2.36. The van der Waals surface area contributed by atoms with E-state index >= 15 is 0 Å². The summed E-state index contributed by atoms with van der Waals surface area (Å²) in [5, 5.41) is 2.41. The molecule has 0 saturated carbocycles. The Hall–Kier alpha value is -1.76. The quantitative estimate of drug-likeness (QED) is 0.853. The van der Waals surface area contributed by atoms with Crippen molar-refractivity contribution in [3.05, 3.63) is 29.8 Å². The standard InChI is InChI=1S/C16H19F3N2O2/c17-16(18,19)12-5-1-2-6-13(12)20-15(22)21-8-7-14-11(10-21)4-3-9-23-14/h1-2,5-6,11,14H,3-4,7-10H2,(H,20,22)/t11-,14+/m0/s1. The molecular weight excluding hydrogens is 309 g/mol. The van der Waals surface area contributed by atoms with Gasteiger partial charge in [-0.15, -0.1) is 0 Å². The predicted molar refractivity (Wildman–Crippen MR) is 79.1 cm³/mol. The van der Waals surface area contributed by atoms with Crippen LogP contribution in [-0.4, -0.2) is 36.7 Å². The highest BCUT2D eigenvalue weighted by molar-refractivity contribution is 5.90. The summed E-state index contributed by atoms with van der Waals surface area (Å²) in [7, 11) is 0. The number of hydrogen-bond donors (Lipinski definition) is 1. The molecular formula is C16H19F3N2O2. The predicted octanol–water partition coefficient (Wildman–Crippen LogP) is 3.74. The molecule has 0 unspecified atom stereocenters. The maximum absolute atomic E-state index is 13.0. The first kappa shape index (κ1) is 16.1. The Morgan fingerprint density at radius 2 is 2.04 bits per heavy atom. The maximum Gasteiger partial charge on any atom is 0.418 e. The van der Waals surface area contributed by atoms with Gasteiger partial charge in [-0.1, -0.05) is 12.1 Å². The van der Waals surface area contributed by atoms with Gasteiger partial charge < -0.3 is 15.0 Å². The smallest absolute Gasteiger partial charge is 0.378 e. The number of carbonyl (C=O) groups excluding carboxylic acids is 1. The molecule has 1 aromatic carbocycles. The normalized spacial score (nSPS) is 24.9. The Labute approximate surface area is 132 Å². The summed E-state index contributed by atoms with van der Waals surface area (Å²) in [6.07, 6.45) is -1.62. The Morgan fingerprint density at radius 3 is 2.83 bits per heavy atom. The minimum atomic E-state index is -4.49. The molecule has 0 aromatic heterocycles. The van der Waals surface area contributed by atoms with Gasteiger partial charge in [0.2, 0.25) is 0 Å². The second-order valence-corrected chi connectivity index (χ2v) is 6.02. The van der Waals surface area contributed by atoms with Gasteiger partial charge in [-0.3, -0.25) is 0 Å². The van der Waals surface area contributed by atoms with Crippen LogP contribution in [0.5, 0.6) is 0 Å². The Kier molecular flexibility index (Phi) is 4.48. The summed E-state index contributed by atoms with van der Waals surface area (Å²) in [5.74, 6) is 0.279. The van der Waals surface area contributed by atoms with E-state index in [4.69, 9.17) is 4.74 Å². The molecule has 2 fully saturated rings. The number of urea groups is 1. The monoisotopic (exact) mass is 328 g/mol. The Balaban J connectivity index is 1.68. The first-order valence-corrected chi connectivity index (χ1v) is 7.79.